The fraction of sp³-hybridized carbons (Fsp3) is 0.800. The van der Waals surface area contributed by atoms with Crippen LogP contribution < -0.4 is 0 Å². The van der Waals surface area contributed by atoms with Crippen LogP contribution in [-0.2, 0) is 13.0 Å². The van der Waals surface area contributed by atoms with Gasteiger partial charge in [-0.15, -0.1) is 0 Å². The van der Waals surface area contributed by atoms with Crippen molar-refractivity contribution < 1.29 is 0 Å². The summed E-state index contributed by atoms with van der Waals surface area (Å²) in [5.41, 5.74) is -0.206. The maximum absolute atomic E-state index is 9.59. The Balaban J connectivity index is 2.12. The summed E-state index contributed by atoms with van der Waals surface area (Å²) < 4.78 is 1.98. The van der Waals surface area contributed by atoms with E-state index in [1.807, 2.05) is 4.68 Å². The molecule has 0 spiro atoms. The normalized spacial score (nSPS) is 26.8. The molecular formula is C15H24N4. The molecule has 1 aromatic heterocycles. The van der Waals surface area contributed by atoms with Crippen molar-refractivity contribution >= 4 is 0 Å². The maximum atomic E-state index is 9.59. The molecule has 1 saturated carbocycles. The zero-order valence-electron chi connectivity index (χ0n) is 12.3. The van der Waals surface area contributed by atoms with E-state index in [4.69, 9.17) is 0 Å². The van der Waals surface area contributed by atoms with Gasteiger partial charge in [-0.25, -0.2) is 9.67 Å². The first-order chi connectivity index (χ1) is 9.08. The molecule has 2 rings (SSSR count). The molecule has 0 aliphatic heterocycles. The highest BCUT2D eigenvalue weighted by Crippen LogP contribution is 2.44. The van der Waals surface area contributed by atoms with Crippen molar-refractivity contribution in [2.45, 2.75) is 59.4 Å². The van der Waals surface area contributed by atoms with Crippen molar-refractivity contribution in [3.63, 3.8) is 0 Å². The highest BCUT2D eigenvalue weighted by Gasteiger charge is 2.39. The standard InChI is InChI=1S/C15H24N4/c1-4-13-5-6-15(7-13,10-16)8-14-17-11-18-19(14)9-12(2)3/h11-13H,4-9H2,1-3H3. The van der Waals surface area contributed by atoms with Crippen LogP contribution in [0.25, 0.3) is 0 Å². The number of hydrogen-bond donors (Lipinski definition) is 0. The maximum Gasteiger partial charge on any atom is 0.138 e. The highest BCUT2D eigenvalue weighted by atomic mass is 15.3. The first-order valence-electron chi connectivity index (χ1n) is 7.36. The van der Waals surface area contributed by atoms with Crippen molar-refractivity contribution in [3.8, 4) is 6.07 Å². The lowest BCUT2D eigenvalue weighted by molar-refractivity contribution is 0.356. The molecule has 0 radical (unpaired) electrons. The van der Waals surface area contributed by atoms with Crippen molar-refractivity contribution in [2.24, 2.45) is 17.3 Å². The molecule has 0 amide bonds. The molecular weight excluding hydrogens is 236 g/mol. The molecule has 1 aliphatic rings. The van der Waals surface area contributed by atoms with Crippen LogP contribution in [0.2, 0.25) is 0 Å². The molecule has 1 aliphatic carbocycles. The van der Waals surface area contributed by atoms with Gasteiger partial charge < -0.3 is 0 Å². The Hall–Kier alpha value is -1.37. The van der Waals surface area contributed by atoms with Crippen molar-refractivity contribution in [1.82, 2.24) is 14.8 Å². The molecule has 0 bridgehead atoms. The molecule has 19 heavy (non-hydrogen) atoms. The van der Waals surface area contributed by atoms with Crippen LogP contribution in [-0.4, -0.2) is 14.8 Å². The molecule has 4 nitrogen and oxygen atoms in total. The topological polar surface area (TPSA) is 54.5 Å². The molecule has 2 unspecified atom stereocenters. The molecule has 104 valence electrons. The summed E-state index contributed by atoms with van der Waals surface area (Å²) in [6.45, 7) is 7.45. The van der Waals surface area contributed by atoms with E-state index in [1.165, 1.54) is 12.8 Å². The van der Waals surface area contributed by atoms with E-state index >= 15 is 0 Å². The first-order valence-corrected chi connectivity index (χ1v) is 7.36. The Labute approximate surface area is 115 Å². The monoisotopic (exact) mass is 260 g/mol. The Morgan fingerprint density at radius 2 is 2.37 bits per heavy atom. The second-order valence-corrected chi connectivity index (χ2v) is 6.34. The van der Waals surface area contributed by atoms with Gasteiger partial charge in [0.1, 0.15) is 12.2 Å². The van der Waals surface area contributed by atoms with Crippen molar-refractivity contribution in [2.75, 3.05) is 0 Å². The van der Waals surface area contributed by atoms with Crippen LogP contribution in [0.15, 0.2) is 6.33 Å². The number of rotatable bonds is 5. The zero-order chi connectivity index (χ0) is 13.9. The minimum Gasteiger partial charge on any atom is -0.250 e. The molecule has 0 N–H and O–H groups in total. The highest BCUT2D eigenvalue weighted by molar-refractivity contribution is 5.09. The minimum absolute atomic E-state index is 0.206. The Bertz CT molecular complexity index is 457. The van der Waals surface area contributed by atoms with E-state index in [-0.39, 0.29) is 5.41 Å². The van der Waals surface area contributed by atoms with Crippen LogP contribution in [0.4, 0.5) is 0 Å². The predicted octanol–water partition coefficient (Wildman–Crippen LogP) is 3.20. The predicted molar refractivity (Wildman–Crippen MR) is 74.2 cm³/mol. The fourth-order valence-electron chi connectivity index (χ4n) is 3.11. The second kappa shape index (κ2) is 5.73. The van der Waals surface area contributed by atoms with Gasteiger partial charge in [-0.05, 0) is 31.1 Å². The second-order valence-electron chi connectivity index (χ2n) is 6.34. The summed E-state index contributed by atoms with van der Waals surface area (Å²) >= 11 is 0. The Morgan fingerprint density at radius 1 is 1.58 bits per heavy atom. The molecule has 0 aromatic carbocycles. The van der Waals surface area contributed by atoms with E-state index in [1.54, 1.807) is 6.33 Å². The third kappa shape index (κ3) is 3.15. The average Bonchev–Trinajstić information content (AvgIpc) is 2.98. The first kappa shape index (κ1) is 14.0. The molecule has 2 atom stereocenters. The third-order valence-corrected chi connectivity index (χ3v) is 4.26. The summed E-state index contributed by atoms with van der Waals surface area (Å²) in [5.74, 6) is 2.23. The van der Waals surface area contributed by atoms with E-state index in [2.05, 4.69) is 36.9 Å². The van der Waals surface area contributed by atoms with Gasteiger partial charge in [-0.3, -0.25) is 0 Å². The number of nitriles is 1. The van der Waals surface area contributed by atoms with Crippen LogP contribution in [0.3, 0.4) is 0 Å². The van der Waals surface area contributed by atoms with Crippen molar-refractivity contribution in [1.29, 1.82) is 5.26 Å². The summed E-state index contributed by atoms with van der Waals surface area (Å²) in [4.78, 5) is 4.38. The number of aromatic nitrogens is 3. The molecule has 1 heterocycles. The van der Waals surface area contributed by atoms with Crippen LogP contribution in [0.1, 0.15) is 52.3 Å². The van der Waals surface area contributed by atoms with Gasteiger partial charge in [0.25, 0.3) is 0 Å². The van der Waals surface area contributed by atoms with Gasteiger partial charge in [0, 0.05) is 13.0 Å². The fourth-order valence-corrected chi connectivity index (χ4v) is 3.11. The lowest BCUT2D eigenvalue weighted by Gasteiger charge is -2.21. The largest absolute Gasteiger partial charge is 0.250 e. The van der Waals surface area contributed by atoms with E-state index in [0.29, 0.717) is 11.8 Å². The van der Waals surface area contributed by atoms with Crippen molar-refractivity contribution in [3.05, 3.63) is 12.2 Å². The van der Waals surface area contributed by atoms with Crippen LogP contribution >= 0.6 is 0 Å². The Kier molecular flexibility index (Phi) is 4.24. The summed E-state index contributed by atoms with van der Waals surface area (Å²) in [5, 5.41) is 13.9. The molecule has 1 fully saturated rings. The van der Waals surface area contributed by atoms with Gasteiger partial charge in [0.05, 0.1) is 11.5 Å². The molecule has 0 saturated heterocycles. The summed E-state index contributed by atoms with van der Waals surface area (Å²) in [7, 11) is 0. The van der Waals surface area contributed by atoms with Gasteiger partial charge in [-0.2, -0.15) is 10.4 Å². The number of nitrogens with zero attached hydrogens (tertiary/aromatic N) is 4. The lowest BCUT2D eigenvalue weighted by atomic mass is 9.83. The van der Waals surface area contributed by atoms with Crippen LogP contribution in [0, 0.1) is 28.6 Å². The zero-order valence-corrected chi connectivity index (χ0v) is 12.3. The SMILES string of the molecule is CCC1CCC(C#N)(Cc2ncnn2CC(C)C)C1. The molecule has 4 heteroatoms. The Morgan fingerprint density at radius 3 is 2.95 bits per heavy atom. The van der Waals surface area contributed by atoms with Gasteiger partial charge in [0.2, 0.25) is 0 Å². The van der Waals surface area contributed by atoms with E-state index in [9.17, 15) is 5.26 Å². The average molecular weight is 260 g/mol. The van der Waals surface area contributed by atoms with E-state index < -0.39 is 0 Å². The van der Waals surface area contributed by atoms with Gasteiger partial charge in [-0.1, -0.05) is 27.2 Å². The molecule has 1 aromatic rings. The number of hydrogen-bond acceptors (Lipinski definition) is 3. The van der Waals surface area contributed by atoms with Gasteiger partial charge in [0.15, 0.2) is 0 Å². The minimum atomic E-state index is -0.206. The summed E-state index contributed by atoms with van der Waals surface area (Å²) in [6.07, 6.45) is 6.78. The van der Waals surface area contributed by atoms with E-state index in [0.717, 1.165) is 31.6 Å². The summed E-state index contributed by atoms with van der Waals surface area (Å²) in [6, 6.07) is 2.58. The van der Waals surface area contributed by atoms with Gasteiger partial charge >= 0.3 is 0 Å². The van der Waals surface area contributed by atoms with Crippen LogP contribution in [0.5, 0.6) is 0 Å². The lowest BCUT2D eigenvalue weighted by Crippen LogP contribution is -2.22. The third-order valence-electron chi connectivity index (χ3n) is 4.26. The quantitative estimate of drug-likeness (QED) is 0.817. The smallest absolute Gasteiger partial charge is 0.138 e.